The lowest BCUT2D eigenvalue weighted by Gasteiger charge is -2.35. The van der Waals surface area contributed by atoms with Gasteiger partial charge in [0.15, 0.2) is 17.3 Å². The number of ketones is 1. The highest BCUT2D eigenvalue weighted by Crippen LogP contribution is 2.33. The second kappa shape index (κ2) is 7.47. The summed E-state index contributed by atoms with van der Waals surface area (Å²) < 4.78 is 10.8. The van der Waals surface area contributed by atoms with Gasteiger partial charge in [-0.25, -0.2) is 0 Å². The van der Waals surface area contributed by atoms with E-state index in [-0.39, 0.29) is 18.3 Å². The fourth-order valence-electron chi connectivity index (χ4n) is 3.60. The van der Waals surface area contributed by atoms with E-state index in [9.17, 15) is 14.9 Å². The third kappa shape index (κ3) is 3.63. The summed E-state index contributed by atoms with van der Waals surface area (Å²) in [5.41, 5.74) is 2.06. The molecule has 4 rings (SSSR count). The predicted octanol–water partition coefficient (Wildman–Crippen LogP) is 2.85. The molecule has 0 aromatic heterocycles. The average molecular weight is 383 g/mol. The van der Waals surface area contributed by atoms with Crippen molar-refractivity contribution in [1.82, 2.24) is 4.90 Å². The maximum atomic E-state index is 11.5. The van der Waals surface area contributed by atoms with Crippen LogP contribution in [0.25, 0.3) is 0 Å². The molecule has 2 aromatic carbocycles. The number of hydrogen-bond donors (Lipinski definition) is 0. The maximum absolute atomic E-state index is 11.5. The Hall–Kier alpha value is -3.13. The molecular formula is C20H21N3O5. The Morgan fingerprint density at radius 3 is 2.54 bits per heavy atom. The van der Waals surface area contributed by atoms with Gasteiger partial charge in [-0.3, -0.25) is 19.8 Å². The highest BCUT2D eigenvalue weighted by molar-refractivity contribution is 5.95. The van der Waals surface area contributed by atoms with E-state index in [2.05, 4.69) is 4.90 Å². The van der Waals surface area contributed by atoms with Crippen LogP contribution in [0.2, 0.25) is 0 Å². The minimum absolute atomic E-state index is 0.0167. The molecule has 1 fully saturated rings. The number of carbonyl (C=O) groups is 1. The lowest BCUT2D eigenvalue weighted by atomic mass is 10.1. The second-order valence-corrected chi connectivity index (χ2v) is 6.97. The normalized spacial score (nSPS) is 16.2. The number of benzene rings is 2. The number of fused-ring (bicyclic) bond motifs is 1. The summed E-state index contributed by atoms with van der Waals surface area (Å²) in [5.74, 6) is 1.37. The molecule has 0 N–H and O–H groups in total. The van der Waals surface area contributed by atoms with E-state index >= 15 is 0 Å². The minimum Gasteiger partial charge on any atom is -0.454 e. The first-order valence-electron chi connectivity index (χ1n) is 9.16. The summed E-state index contributed by atoms with van der Waals surface area (Å²) in [4.78, 5) is 26.9. The van der Waals surface area contributed by atoms with Gasteiger partial charge in [-0.05, 0) is 36.8 Å². The number of Topliss-reactive ketones (excluding diaryl/α,β-unsaturated/α-hetero) is 1. The molecular weight excluding hydrogens is 362 g/mol. The van der Waals surface area contributed by atoms with Crippen LogP contribution in [0.15, 0.2) is 36.4 Å². The summed E-state index contributed by atoms with van der Waals surface area (Å²) >= 11 is 0. The molecule has 8 nitrogen and oxygen atoms in total. The van der Waals surface area contributed by atoms with Crippen LogP contribution in [0, 0.1) is 10.1 Å². The number of nitro benzene ring substituents is 1. The zero-order valence-electron chi connectivity index (χ0n) is 15.6. The van der Waals surface area contributed by atoms with Crippen LogP contribution in [0.5, 0.6) is 11.5 Å². The van der Waals surface area contributed by atoms with Crippen molar-refractivity contribution in [3.8, 4) is 11.5 Å². The molecule has 0 spiro atoms. The molecule has 8 heteroatoms. The highest BCUT2D eigenvalue weighted by atomic mass is 16.7. The Labute approximate surface area is 162 Å². The topological polar surface area (TPSA) is 85.2 Å². The van der Waals surface area contributed by atoms with Gasteiger partial charge in [0.05, 0.1) is 4.92 Å². The van der Waals surface area contributed by atoms with E-state index in [1.54, 1.807) is 12.1 Å². The number of piperazine rings is 1. The molecule has 0 aliphatic carbocycles. The van der Waals surface area contributed by atoms with Crippen LogP contribution in [-0.2, 0) is 6.54 Å². The number of rotatable bonds is 5. The zero-order valence-corrected chi connectivity index (χ0v) is 15.6. The lowest BCUT2D eigenvalue weighted by Crippen LogP contribution is -2.46. The third-order valence-electron chi connectivity index (χ3n) is 5.13. The van der Waals surface area contributed by atoms with Gasteiger partial charge in [-0.15, -0.1) is 0 Å². The summed E-state index contributed by atoms with van der Waals surface area (Å²) in [6.07, 6.45) is 0. The maximum Gasteiger partial charge on any atom is 0.293 e. The van der Waals surface area contributed by atoms with Crippen molar-refractivity contribution in [2.45, 2.75) is 13.5 Å². The predicted molar refractivity (Wildman–Crippen MR) is 103 cm³/mol. The van der Waals surface area contributed by atoms with Gasteiger partial charge in [0.25, 0.3) is 5.69 Å². The van der Waals surface area contributed by atoms with E-state index in [1.807, 2.05) is 23.1 Å². The third-order valence-corrected chi connectivity index (χ3v) is 5.13. The molecule has 0 unspecified atom stereocenters. The second-order valence-electron chi connectivity index (χ2n) is 6.97. The molecule has 0 bridgehead atoms. The number of nitro groups is 1. The zero-order chi connectivity index (χ0) is 19.7. The van der Waals surface area contributed by atoms with Crippen LogP contribution in [0.1, 0.15) is 22.8 Å². The van der Waals surface area contributed by atoms with Crippen molar-refractivity contribution in [2.24, 2.45) is 0 Å². The fraction of sp³-hybridized carbons (Fsp3) is 0.350. The number of carbonyl (C=O) groups excluding carboxylic acids is 1. The van der Waals surface area contributed by atoms with Crippen LogP contribution in [0.3, 0.4) is 0 Å². The Balaban J connectivity index is 1.43. The molecule has 0 amide bonds. The first-order chi connectivity index (χ1) is 13.5. The van der Waals surface area contributed by atoms with Gasteiger partial charge in [0.1, 0.15) is 5.69 Å². The lowest BCUT2D eigenvalue weighted by molar-refractivity contribution is -0.384. The molecule has 0 atom stereocenters. The van der Waals surface area contributed by atoms with Crippen LogP contribution in [0.4, 0.5) is 11.4 Å². The summed E-state index contributed by atoms with van der Waals surface area (Å²) in [5, 5.41) is 11.5. The molecule has 28 heavy (non-hydrogen) atoms. The molecule has 2 aromatic rings. The standard InChI is InChI=1S/C20H21N3O5/c1-14(24)16-3-4-17(18(11-16)23(25)26)22-8-6-21(7-9-22)12-15-2-5-19-20(10-15)28-13-27-19/h2-5,10-11H,6-9,12-13H2,1H3. The molecule has 146 valence electrons. The summed E-state index contributed by atoms with van der Waals surface area (Å²) in [7, 11) is 0. The largest absolute Gasteiger partial charge is 0.454 e. The Morgan fingerprint density at radius 1 is 1.07 bits per heavy atom. The Kier molecular flexibility index (Phi) is 4.87. The van der Waals surface area contributed by atoms with E-state index in [0.717, 1.165) is 36.7 Å². The van der Waals surface area contributed by atoms with Gasteiger partial charge in [-0.1, -0.05) is 6.07 Å². The van der Waals surface area contributed by atoms with Crippen molar-refractivity contribution in [1.29, 1.82) is 0 Å². The van der Waals surface area contributed by atoms with Crippen molar-refractivity contribution < 1.29 is 19.2 Å². The molecule has 0 saturated carbocycles. The first kappa shape index (κ1) is 18.2. The molecule has 1 saturated heterocycles. The number of anilines is 1. The fourth-order valence-corrected chi connectivity index (χ4v) is 3.60. The number of hydrogen-bond acceptors (Lipinski definition) is 7. The van der Waals surface area contributed by atoms with Crippen molar-refractivity contribution in [3.05, 3.63) is 57.6 Å². The van der Waals surface area contributed by atoms with E-state index in [0.29, 0.717) is 24.3 Å². The molecule has 2 aliphatic rings. The monoisotopic (exact) mass is 383 g/mol. The summed E-state index contributed by atoms with van der Waals surface area (Å²) in [6.45, 7) is 5.41. The van der Waals surface area contributed by atoms with Crippen LogP contribution >= 0.6 is 0 Å². The highest BCUT2D eigenvalue weighted by Gasteiger charge is 2.25. The van der Waals surface area contributed by atoms with Gasteiger partial charge in [0, 0.05) is 44.4 Å². The van der Waals surface area contributed by atoms with Crippen molar-refractivity contribution in [2.75, 3.05) is 37.9 Å². The molecule has 2 heterocycles. The molecule has 0 radical (unpaired) electrons. The Bertz CT molecular complexity index is 922. The average Bonchev–Trinajstić information content (AvgIpc) is 3.16. The van der Waals surface area contributed by atoms with Crippen molar-refractivity contribution >= 4 is 17.2 Å². The number of ether oxygens (including phenoxy) is 2. The SMILES string of the molecule is CC(=O)c1ccc(N2CCN(Cc3ccc4c(c3)OCO4)CC2)c([N+](=O)[O-])c1. The number of nitrogens with zero attached hydrogens (tertiary/aromatic N) is 3. The summed E-state index contributed by atoms with van der Waals surface area (Å²) in [6, 6.07) is 10.7. The van der Waals surface area contributed by atoms with Gasteiger partial charge >= 0.3 is 0 Å². The minimum atomic E-state index is -0.416. The van der Waals surface area contributed by atoms with Gasteiger partial charge in [0.2, 0.25) is 6.79 Å². The van der Waals surface area contributed by atoms with Crippen LogP contribution < -0.4 is 14.4 Å². The smallest absolute Gasteiger partial charge is 0.293 e. The van der Waals surface area contributed by atoms with E-state index in [1.165, 1.54) is 13.0 Å². The van der Waals surface area contributed by atoms with Gasteiger partial charge in [-0.2, -0.15) is 0 Å². The van der Waals surface area contributed by atoms with Gasteiger partial charge < -0.3 is 14.4 Å². The van der Waals surface area contributed by atoms with E-state index in [4.69, 9.17) is 9.47 Å². The molecule has 2 aliphatic heterocycles. The quantitative estimate of drug-likeness (QED) is 0.446. The van der Waals surface area contributed by atoms with E-state index < -0.39 is 4.92 Å². The van der Waals surface area contributed by atoms with Crippen LogP contribution in [-0.4, -0.2) is 48.6 Å². The first-order valence-corrected chi connectivity index (χ1v) is 9.16. The van der Waals surface area contributed by atoms with Crippen molar-refractivity contribution in [3.63, 3.8) is 0 Å². The Morgan fingerprint density at radius 2 is 1.82 bits per heavy atom.